The second-order valence-electron chi connectivity index (χ2n) is 4.42. The zero-order valence-electron chi connectivity index (χ0n) is 9.79. The number of hydrogen-bond donors (Lipinski definition) is 3. The van der Waals surface area contributed by atoms with Crippen molar-refractivity contribution in [2.24, 2.45) is 5.73 Å². The minimum absolute atomic E-state index is 0.0331. The Bertz CT molecular complexity index is 447. The molecule has 4 nitrogen and oxygen atoms in total. The predicted octanol–water partition coefficient (Wildman–Crippen LogP) is 1.21. The van der Waals surface area contributed by atoms with E-state index in [-0.39, 0.29) is 17.1 Å². The Kier molecular flexibility index (Phi) is 3.47. The standard InChI is InChI=1S/C12H15F2N3O/c13-9-5-7(12(15)16)6-10(14)11(9)17-3-1-8(18)2-4-17/h5-6,8,18H,1-4H2,(H3,15,16). The summed E-state index contributed by atoms with van der Waals surface area (Å²) in [5.74, 6) is -1.82. The average Bonchev–Trinajstić information content (AvgIpc) is 2.30. The number of benzene rings is 1. The first-order chi connectivity index (χ1) is 8.49. The Morgan fingerprint density at radius 2 is 1.78 bits per heavy atom. The molecule has 6 heteroatoms. The molecule has 1 fully saturated rings. The van der Waals surface area contributed by atoms with Gasteiger partial charge in [0, 0.05) is 18.7 Å². The van der Waals surface area contributed by atoms with Crippen LogP contribution in [0.1, 0.15) is 18.4 Å². The molecule has 1 aliphatic heterocycles. The van der Waals surface area contributed by atoms with Gasteiger partial charge in [-0.1, -0.05) is 0 Å². The second-order valence-corrected chi connectivity index (χ2v) is 4.42. The van der Waals surface area contributed by atoms with Crippen LogP contribution in [0.4, 0.5) is 14.5 Å². The smallest absolute Gasteiger partial charge is 0.150 e. The zero-order chi connectivity index (χ0) is 13.3. The highest BCUT2D eigenvalue weighted by molar-refractivity contribution is 5.95. The summed E-state index contributed by atoms with van der Waals surface area (Å²) in [7, 11) is 0. The molecule has 1 aromatic rings. The van der Waals surface area contributed by atoms with Crippen molar-refractivity contribution in [2.75, 3.05) is 18.0 Å². The van der Waals surface area contributed by atoms with Crippen molar-refractivity contribution in [3.8, 4) is 0 Å². The van der Waals surface area contributed by atoms with E-state index in [0.717, 1.165) is 12.1 Å². The third-order valence-electron chi connectivity index (χ3n) is 3.11. The molecule has 0 amide bonds. The largest absolute Gasteiger partial charge is 0.393 e. The number of aliphatic hydroxyl groups is 1. The van der Waals surface area contributed by atoms with Gasteiger partial charge in [0.25, 0.3) is 0 Å². The van der Waals surface area contributed by atoms with Gasteiger partial charge in [-0.3, -0.25) is 5.41 Å². The van der Waals surface area contributed by atoms with E-state index in [4.69, 9.17) is 11.1 Å². The fourth-order valence-corrected chi connectivity index (χ4v) is 2.11. The zero-order valence-corrected chi connectivity index (χ0v) is 9.79. The maximum atomic E-state index is 13.9. The molecule has 1 saturated heterocycles. The lowest BCUT2D eigenvalue weighted by Gasteiger charge is -2.32. The number of hydrogen-bond acceptors (Lipinski definition) is 3. The number of anilines is 1. The van der Waals surface area contributed by atoms with Gasteiger partial charge in [0.2, 0.25) is 0 Å². The Hall–Kier alpha value is -1.69. The van der Waals surface area contributed by atoms with Gasteiger partial charge < -0.3 is 15.7 Å². The van der Waals surface area contributed by atoms with E-state index in [0.29, 0.717) is 25.9 Å². The third kappa shape index (κ3) is 2.43. The number of halogens is 2. The summed E-state index contributed by atoms with van der Waals surface area (Å²) in [6, 6.07) is 2.12. The summed E-state index contributed by atoms with van der Waals surface area (Å²) >= 11 is 0. The van der Waals surface area contributed by atoms with Crippen molar-refractivity contribution in [3.63, 3.8) is 0 Å². The molecule has 0 aliphatic carbocycles. The number of nitrogens with two attached hydrogens (primary N) is 1. The van der Waals surface area contributed by atoms with Crippen LogP contribution in [0.15, 0.2) is 12.1 Å². The lowest BCUT2D eigenvalue weighted by molar-refractivity contribution is 0.145. The molecule has 1 aromatic carbocycles. The van der Waals surface area contributed by atoms with Crippen molar-refractivity contribution in [3.05, 3.63) is 29.3 Å². The van der Waals surface area contributed by atoms with Crippen LogP contribution in [0.5, 0.6) is 0 Å². The van der Waals surface area contributed by atoms with E-state index >= 15 is 0 Å². The number of aliphatic hydroxyl groups excluding tert-OH is 1. The van der Waals surface area contributed by atoms with Crippen molar-refractivity contribution in [1.29, 1.82) is 5.41 Å². The van der Waals surface area contributed by atoms with E-state index in [1.807, 2.05) is 0 Å². The topological polar surface area (TPSA) is 73.3 Å². The molecule has 0 spiro atoms. The summed E-state index contributed by atoms with van der Waals surface area (Å²) in [5.41, 5.74) is 5.13. The van der Waals surface area contributed by atoms with E-state index in [2.05, 4.69) is 0 Å². The molecule has 2 rings (SSSR count). The van der Waals surface area contributed by atoms with Crippen LogP contribution in [0.3, 0.4) is 0 Å². The monoisotopic (exact) mass is 255 g/mol. The number of amidine groups is 1. The highest BCUT2D eigenvalue weighted by Crippen LogP contribution is 2.27. The van der Waals surface area contributed by atoms with Crippen molar-refractivity contribution < 1.29 is 13.9 Å². The van der Waals surface area contributed by atoms with Gasteiger partial charge in [0.15, 0.2) is 0 Å². The predicted molar refractivity (Wildman–Crippen MR) is 64.8 cm³/mol. The molecular weight excluding hydrogens is 240 g/mol. The fourth-order valence-electron chi connectivity index (χ4n) is 2.11. The molecule has 4 N–H and O–H groups in total. The van der Waals surface area contributed by atoms with Crippen LogP contribution in [-0.2, 0) is 0 Å². The third-order valence-corrected chi connectivity index (χ3v) is 3.11. The fraction of sp³-hybridized carbons (Fsp3) is 0.417. The summed E-state index contributed by atoms with van der Waals surface area (Å²) in [6.45, 7) is 0.822. The van der Waals surface area contributed by atoms with E-state index in [1.165, 1.54) is 0 Å². The number of nitrogens with one attached hydrogen (secondary N) is 1. The molecule has 0 radical (unpaired) electrons. The van der Waals surface area contributed by atoms with Crippen LogP contribution >= 0.6 is 0 Å². The van der Waals surface area contributed by atoms with Gasteiger partial charge in [0.1, 0.15) is 23.2 Å². The van der Waals surface area contributed by atoms with Gasteiger partial charge in [-0.05, 0) is 25.0 Å². The molecular formula is C12H15F2N3O. The number of nitrogen functional groups attached to an aromatic ring is 1. The molecule has 0 aromatic heterocycles. The minimum atomic E-state index is -0.725. The molecule has 0 atom stereocenters. The SMILES string of the molecule is N=C(N)c1cc(F)c(N2CCC(O)CC2)c(F)c1. The van der Waals surface area contributed by atoms with Crippen molar-refractivity contribution >= 4 is 11.5 Å². The van der Waals surface area contributed by atoms with Gasteiger partial charge >= 0.3 is 0 Å². The van der Waals surface area contributed by atoms with Crippen molar-refractivity contribution in [2.45, 2.75) is 18.9 Å². The van der Waals surface area contributed by atoms with E-state index in [9.17, 15) is 13.9 Å². The summed E-state index contributed by atoms with van der Waals surface area (Å²) in [4.78, 5) is 1.57. The number of nitrogens with zero attached hydrogens (tertiary/aromatic N) is 1. The maximum Gasteiger partial charge on any atom is 0.150 e. The van der Waals surface area contributed by atoms with Gasteiger partial charge in [-0.2, -0.15) is 0 Å². The quantitative estimate of drug-likeness (QED) is 0.549. The van der Waals surface area contributed by atoms with E-state index in [1.54, 1.807) is 4.90 Å². The first-order valence-corrected chi connectivity index (χ1v) is 5.75. The first kappa shape index (κ1) is 12.8. The molecule has 18 heavy (non-hydrogen) atoms. The first-order valence-electron chi connectivity index (χ1n) is 5.75. The molecule has 1 heterocycles. The molecule has 0 saturated carbocycles. The lowest BCUT2D eigenvalue weighted by atomic mass is 10.1. The summed E-state index contributed by atoms with van der Waals surface area (Å²) in [6.07, 6.45) is 0.588. The van der Waals surface area contributed by atoms with Gasteiger partial charge in [-0.15, -0.1) is 0 Å². The van der Waals surface area contributed by atoms with Gasteiger partial charge in [0.05, 0.1) is 6.10 Å². The Morgan fingerprint density at radius 1 is 1.28 bits per heavy atom. The normalized spacial score (nSPS) is 16.9. The Morgan fingerprint density at radius 3 is 2.22 bits per heavy atom. The maximum absolute atomic E-state index is 13.9. The average molecular weight is 255 g/mol. The Balaban J connectivity index is 2.31. The highest BCUT2D eigenvalue weighted by Gasteiger charge is 2.23. The van der Waals surface area contributed by atoms with Crippen LogP contribution < -0.4 is 10.6 Å². The number of rotatable bonds is 2. The van der Waals surface area contributed by atoms with Crippen LogP contribution in [0.25, 0.3) is 0 Å². The summed E-state index contributed by atoms with van der Waals surface area (Å²) < 4.78 is 27.7. The highest BCUT2D eigenvalue weighted by atomic mass is 19.1. The minimum Gasteiger partial charge on any atom is -0.393 e. The molecule has 98 valence electrons. The Labute approximate surface area is 104 Å². The number of piperidine rings is 1. The summed E-state index contributed by atoms with van der Waals surface area (Å²) in [5, 5.41) is 16.5. The molecule has 0 bridgehead atoms. The molecule has 1 aliphatic rings. The second kappa shape index (κ2) is 4.89. The van der Waals surface area contributed by atoms with Crippen molar-refractivity contribution in [1.82, 2.24) is 0 Å². The molecule has 0 unspecified atom stereocenters. The van der Waals surface area contributed by atoms with Crippen LogP contribution in [0.2, 0.25) is 0 Å². The van der Waals surface area contributed by atoms with E-state index < -0.39 is 17.7 Å². The van der Waals surface area contributed by atoms with Crippen LogP contribution in [0, 0.1) is 17.0 Å². The lowest BCUT2D eigenvalue weighted by Crippen LogP contribution is -2.37. The van der Waals surface area contributed by atoms with Gasteiger partial charge in [-0.25, -0.2) is 8.78 Å². The van der Waals surface area contributed by atoms with Crippen LogP contribution in [-0.4, -0.2) is 30.1 Å².